The molecule has 2 aromatic rings. The molecular formula is C20H20FNO3. The van der Waals surface area contributed by atoms with Crippen LogP contribution >= 0.6 is 0 Å². The van der Waals surface area contributed by atoms with Crippen molar-refractivity contribution in [1.82, 2.24) is 0 Å². The molecule has 0 atom stereocenters. The van der Waals surface area contributed by atoms with Crippen LogP contribution in [0.1, 0.15) is 47.7 Å². The zero-order valence-electron chi connectivity index (χ0n) is 14.1. The molecular weight excluding hydrogens is 321 g/mol. The largest absolute Gasteiger partial charge is 0.478 e. The van der Waals surface area contributed by atoms with Gasteiger partial charge in [-0.3, -0.25) is 0 Å². The maximum absolute atomic E-state index is 14.9. The number of nitriles is 1. The number of rotatable bonds is 8. The summed E-state index contributed by atoms with van der Waals surface area (Å²) < 4.78 is 20.4. The van der Waals surface area contributed by atoms with Gasteiger partial charge in [-0.05, 0) is 30.2 Å². The summed E-state index contributed by atoms with van der Waals surface area (Å²) in [6.07, 6.45) is 3.04. The zero-order valence-corrected chi connectivity index (χ0v) is 14.1. The molecule has 0 radical (unpaired) electrons. The molecule has 0 heterocycles. The number of ether oxygens (including phenoxy) is 1. The molecule has 0 spiro atoms. The van der Waals surface area contributed by atoms with E-state index in [1.54, 1.807) is 12.1 Å². The monoisotopic (exact) mass is 341 g/mol. The number of carboxylic acid groups (broad SMARTS) is 1. The van der Waals surface area contributed by atoms with Crippen molar-refractivity contribution < 1.29 is 19.0 Å². The molecule has 0 bridgehead atoms. The van der Waals surface area contributed by atoms with Crippen LogP contribution in [0.5, 0.6) is 0 Å². The van der Waals surface area contributed by atoms with Gasteiger partial charge in [0.1, 0.15) is 5.82 Å². The maximum Gasteiger partial charge on any atom is 0.336 e. The molecule has 1 N–H and O–H groups in total. The number of hydrogen-bond donors (Lipinski definition) is 1. The van der Waals surface area contributed by atoms with Crippen LogP contribution in [0.3, 0.4) is 0 Å². The van der Waals surface area contributed by atoms with Crippen LogP contribution in [-0.2, 0) is 11.3 Å². The van der Waals surface area contributed by atoms with E-state index in [1.165, 1.54) is 24.3 Å². The smallest absolute Gasteiger partial charge is 0.336 e. The van der Waals surface area contributed by atoms with Gasteiger partial charge in [-0.25, -0.2) is 9.18 Å². The van der Waals surface area contributed by atoms with Crippen molar-refractivity contribution in [3.63, 3.8) is 0 Å². The Labute approximate surface area is 146 Å². The highest BCUT2D eigenvalue weighted by Crippen LogP contribution is 2.30. The van der Waals surface area contributed by atoms with E-state index >= 15 is 0 Å². The number of hydrogen-bond acceptors (Lipinski definition) is 3. The van der Waals surface area contributed by atoms with Crippen LogP contribution in [0, 0.1) is 17.1 Å². The average molecular weight is 341 g/mol. The van der Waals surface area contributed by atoms with Crippen molar-refractivity contribution in [1.29, 1.82) is 5.26 Å². The molecule has 2 rings (SSSR count). The van der Waals surface area contributed by atoms with E-state index in [1.807, 2.05) is 6.07 Å². The summed E-state index contributed by atoms with van der Waals surface area (Å²) in [6.45, 7) is 2.73. The normalized spacial score (nSPS) is 10.4. The first-order valence-electron chi connectivity index (χ1n) is 8.21. The fraction of sp³-hybridized carbons (Fsp3) is 0.300. The van der Waals surface area contributed by atoms with Crippen LogP contribution in [0.15, 0.2) is 36.4 Å². The molecule has 0 saturated heterocycles. The third kappa shape index (κ3) is 4.65. The predicted molar refractivity (Wildman–Crippen MR) is 92.7 cm³/mol. The quantitative estimate of drug-likeness (QED) is 0.702. The second-order valence-electron chi connectivity index (χ2n) is 5.72. The second kappa shape index (κ2) is 8.95. The highest BCUT2D eigenvalue weighted by Gasteiger charge is 2.19. The molecule has 25 heavy (non-hydrogen) atoms. The fourth-order valence-corrected chi connectivity index (χ4v) is 2.54. The van der Waals surface area contributed by atoms with Gasteiger partial charge in [0.2, 0.25) is 0 Å². The number of benzene rings is 2. The van der Waals surface area contributed by atoms with Crippen molar-refractivity contribution in [2.24, 2.45) is 0 Å². The summed E-state index contributed by atoms with van der Waals surface area (Å²) >= 11 is 0. The van der Waals surface area contributed by atoms with E-state index in [-0.39, 0.29) is 17.7 Å². The van der Waals surface area contributed by atoms with Gasteiger partial charge in [0.25, 0.3) is 0 Å². The van der Waals surface area contributed by atoms with Crippen molar-refractivity contribution in [3.8, 4) is 17.2 Å². The first kappa shape index (κ1) is 18.6. The standard InChI is InChI=1S/C20H20FNO3/c1-2-3-4-11-25-13-16-9-10-17(20(23)24)18(19(16)21)15-7-5-14(12-22)6-8-15/h5-10H,2-4,11,13H2,1H3,(H,23,24). The van der Waals surface area contributed by atoms with Crippen molar-refractivity contribution in [3.05, 3.63) is 58.9 Å². The van der Waals surface area contributed by atoms with Gasteiger partial charge in [0.05, 0.1) is 23.8 Å². The highest BCUT2D eigenvalue weighted by molar-refractivity contribution is 5.96. The second-order valence-corrected chi connectivity index (χ2v) is 5.72. The van der Waals surface area contributed by atoms with Gasteiger partial charge in [-0.1, -0.05) is 38.0 Å². The Morgan fingerprint density at radius 1 is 1.20 bits per heavy atom. The molecule has 0 fully saturated rings. The van der Waals surface area contributed by atoms with Gasteiger partial charge in [0.15, 0.2) is 0 Å². The minimum Gasteiger partial charge on any atom is -0.478 e. The Morgan fingerprint density at radius 3 is 2.52 bits per heavy atom. The predicted octanol–water partition coefficient (Wildman–Crippen LogP) is 4.77. The zero-order chi connectivity index (χ0) is 18.2. The first-order valence-corrected chi connectivity index (χ1v) is 8.21. The SMILES string of the molecule is CCCCCOCc1ccc(C(=O)O)c(-c2ccc(C#N)cc2)c1F. The molecule has 0 aliphatic heterocycles. The minimum absolute atomic E-state index is 0.0200. The lowest BCUT2D eigenvalue weighted by molar-refractivity contribution is 0.0697. The Hall–Kier alpha value is -2.71. The van der Waals surface area contributed by atoms with Crippen LogP contribution in [0.2, 0.25) is 0 Å². The molecule has 130 valence electrons. The van der Waals surface area contributed by atoms with Gasteiger partial charge in [-0.15, -0.1) is 0 Å². The minimum atomic E-state index is -1.20. The number of unbranched alkanes of at least 4 members (excludes halogenated alkanes) is 2. The van der Waals surface area contributed by atoms with Crippen LogP contribution in [-0.4, -0.2) is 17.7 Å². The number of carbonyl (C=O) groups is 1. The molecule has 0 aromatic heterocycles. The summed E-state index contributed by atoms with van der Waals surface area (Å²) in [6, 6.07) is 11.0. The van der Waals surface area contributed by atoms with Crippen LogP contribution in [0.4, 0.5) is 4.39 Å². The summed E-state index contributed by atoms with van der Waals surface area (Å²) in [7, 11) is 0. The van der Waals surface area contributed by atoms with E-state index in [0.29, 0.717) is 23.3 Å². The molecule has 0 unspecified atom stereocenters. The van der Waals surface area contributed by atoms with E-state index in [0.717, 1.165) is 19.3 Å². The number of carboxylic acids is 1. The Morgan fingerprint density at radius 2 is 1.92 bits per heavy atom. The van der Waals surface area contributed by atoms with Gasteiger partial charge in [0, 0.05) is 17.7 Å². The fourth-order valence-electron chi connectivity index (χ4n) is 2.54. The lowest BCUT2D eigenvalue weighted by Crippen LogP contribution is -2.06. The molecule has 2 aromatic carbocycles. The molecule has 4 nitrogen and oxygen atoms in total. The van der Waals surface area contributed by atoms with E-state index < -0.39 is 11.8 Å². The van der Waals surface area contributed by atoms with Gasteiger partial charge in [-0.2, -0.15) is 5.26 Å². The lowest BCUT2D eigenvalue weighted by Gasteiger charge is -2.12. The summed E-state index contributed by atoms with van der Waals surface area (Å²) in [5.74, 6) is -1.80. The van der Waals surface area contributed by atoms with Gasteiger partial charge < -0.3 is 9.84 Å². The van der Waals surface area contributed by atoms with E-state index in [4.69, 9.17) is 10.00 Å². The first-order chi connectivity index (χ1) is 12.1. The van der Waals surface area contributed by atoms with Crippen LogP contribution in [0.25, 0.3) is 11.1 Å². The molecule has 0 amide bonds. The Balaban J connectivity index is 2.33. The Bertz CT molecular complexity index is 779. The van der Waals surface area contributed by atoms with Gasteiger partial charge >= 0.3 is 5.97 Å². The third-order valence-electron chi connectivity index (χ3n) is 3.90. The van der Waals surface area contributed by atoms with Crippen molar-refractivity contribution in [2.75, 3.05) is 6.61 Å². The van der Waals surface area contributed by atoms with E-state index in [9.17, 15) is 14.3 Å². The molecule has 0 aliphatic rings. The summed E-state index contributed by atoms with van der Waals surface area (Å²) in [4.78, 5) is 11.5. The van der Waals surface area contributed by atoms with Crippen LogP contribution < -0.4 is 0 Å². The summed E-state index contributed by atoms with van der Waals surface area (Å²) in [5, 5.41) is 18.2. The van der Waals surface area contributed by atoms with Crippen molar-refractivity contribution in [2.45, 2.75) is 32.8 Å². The molecule has 0 aliphatic carbocycles. The number of aromatic carboxylic acids is 1. The number of nitrogens with zero attached hydrogens (tertiary/aromatic N) is 1. The summed E-state index contributed by atoms with van der Waals surface area (Å²) in [5.41, 5.74) is 1.07. The van der Waals surface area contributed by atoms with E-state index in [2.05, 4.69) is 6.92 Å². The maximum atomic E-state index is 14.9. The average Bonchev–Trinajstić information content (AvgIpc) is 2.62. The van der Waals surface area contributed by atoms with Crippen molar-refractivity contribution >= 4 is 5.97 Å². The number of halogens is 1. The highest BCUT2D eigenvalue weighted by atomic mass is 19.1. The molecule has 5 heteroatoms. The topological polar surface area (TPSA) is 70.3 Å². The third-order valence-corrected chi connectivity index (χ3v) is 3.90. The lowest BCUT2D eigenvalue weighted by atomic mass is 9.95. The molecule has 0 saturated carbocycles. The Kier molecular flexibility index (Phi) is 6.67.